The van der Waals surface area contributed by atoms with E-state index in [1.54, 1.807) is 43.3 Å². The summed E-state index contributed by atoms with van der Waals surface area (Å²) in [5, 5.41) is 7.10. The fourth-order valence-corrected chi connectivity index (χ4v) is 2.58. The van der Waals surface area contributed by atoms with Gasteiger partial charge in [-0.25, -0.2) is 9.97 Å². The summed E-state index contributed by atoms with van der Waals surface area (Å²) in [6.07, 6.45) is 0. The van der Waals surface area contributed by atoms with Crippen LogP contribution in [0.1, 0.15) is 21.7 Å². The lowest BCUT2D eigenvalue weighted by Crippen LogP contribution is -2.15. The molecule has 0 bridgehead atoms. The third kappa shape index (κ3) is 4.50. The van der Waals surface area contributed by atoms with Gasteiger partial charge in [0, 0.05) is 27.1 Å². The Kier molecular flexibility index (Phi) is 5.40. The molecule has 0 spiro atoms. The van der Waals surface area contributed by atoms with Gasteiger partial charge in [-0.15, -0.1) is 0 Å². The fraction of sp³-hybridized carbons (Fsp3) is 0.105. The van der Waals surface area contributed by atoms with E-state index in [2.05, 4.69) is 20.6 Å². The third-order valence-corrected chi connectivity index (χ3v) is 4.28. The molecule has 2 aromatic carbocycles. The van der Waals surface area contributed by atoms with Crippen molar-refractivity contribution in [1.29, 1.82) is 0 Å². The van der Waals surface area contributed by atoms with E-state index < -0.39 is 0 Å². The summed E-state index contributed by atoms with van der Waals surface area (Å²) in [7, 11) is 0. The molecule has 0 unspecified atom stereocenters. The van der Waals surface area contributed by atoms with Crippen LogP contribution in [-0.2, 0) is 0 Å². The van der Waals surface area contributed by atoms with Gasteiger partial charge in [0.1, 0.15) is 5.69 Å². The number of carbonyl (C=O) groups excluding carboxylic acids is 1. The summed E-state index contributed by atoms with van der Waals surface area (Å²) in [4.78, 5) is 21.1. The maximum absolute atomic E-state index is 12.5. The Morgan fingerprint density at radius 3 is 2.31 bits per heavy atom. The van der Waals surface area contributed by atoms with Crippen molar-refractivity contribution in [3.05, 3.63) is 75.5 Å². The Morgan fingerprint density at radius 1 is 0.923 bits per heavy atom. The number of rotatable bonds is 4. The largest absolute Gasteiger partial charge is 0.324 e. The standard InChI is InChI=1S/C19H16Cl2N4O/c1-11-3-6-15(10-16(11)21)24-19-22-12(2)9-17(25-19)18(26)23-14-7-4-13(20)5-8-14/h3-10H,1-2H3,(H,23,26)(H,22,24,25). The lowest BCUT2D eigenvalue weighted by molar-refractivity contribution is 0.102. The zero-order valence-electron chi connectivity index (χ0n) is 14.2. The van der Waals surface area contributed by atoms with Gasteiger partial charge in [-0.3, -0.25) is 4.79 Å². The maximum atomic E-state index is 12.5. The Labute approximate surface area is 161 Å². The van der Waals surface area contributed by atoms with Gasteiger partial charge in [-0.2, -0.15) is 0 Å². The number of benzene rings is 2. The number of halogens is 2. The first-order valence-electron chi connectivity index (χ1n) is 7.86. The van der Waals surface area contributed by atoms with E-state index in [1.807, 2.05) is 19.1 Å². The molecule has 26 heavy (non-hydrogen) atoms. The van der Waals surface area contributed by atoms with Gasteiger partial charge in [0.05, 0.1) is 0 Å². The summed E-state index contributed by atoms with van der Waals surface area (Å²) in [5.74, 6) is -0.00557. The fourth-order valence-electron chi connectivity index (χ4n) is 2.27. The molecule has 5 nitrogen and oxygen atoms in total. The second-order valence-corrected chi connectivity index (χ2v) is 6.61. The average molecular weight is 387 g/mol. The minimum atomic E-state index is -0.331. The van der Waals surface area contributed by atoms with Crippen LogP contribution in [0.2, 0.25) is 10.0 Å². The van der Waals surface area contributed by atoms with Crippen molar-refractivity contribution in [2.24, 2.45) is 0 Å². The van der Waals surface area contributed by atoms with Crippen molar-refractivity contribution in [1.82, 2.24) is 9.97 Å². The third-order valence-electron chi connectivity index (χ3n) is 3.62. The maximum Gasteiger partial charge on any atom is 0.274 e. The first-order valence-corrected chi connectivity index (χ1v) is 8.62. The van der Waals surface area contributed by atoms with Crippen molar-refractivity contribution in [2.75, 3.05) is 10.6 Å². The van der Waals surface area contributed by atoms with Gasteiger partial charge in [-0.05, 0) is 61.9 Å². The number of aryl methyl sites for hydroxylation is 2. The lowest BCUT2D eigenvalue weighted by atomic mass is 10.2. The number of carbonyl (C=O) groups is 1. The molecule has 0 aliphatic rings. The second-order valence-electron chi connectivity index (χ2n) is 5.77. The number of hydrogen-bond donors (Lipinski definition) is 2. The number of aromatic nitrogens is 2. The van der Waals surface area contributed by atoms with Crippen molar-refractivity contribution >= 4 is 46.4 Å². The Hall–Kier alpha value is -2.63. The normalized spacial score (nSPS) is 10.5. The Balaban J connectivity index is 1.81. The number of nitrogens with one attached hydrogen (secondary N) is 2. The van der Waals surface area contributed by atoms with E-state index in [9.17, 15) is 4.79 Å². The molecule has 0 fully saturated rings. The topological polar surface area (TPSA) is 66.9 Å². The lowest BCUT2D eigenvalue weighted by Gasteiger charge is -2.10. The predicted molar refractivity (Wildman–Crippen MR) is 106 cm³/mol. The quantitative estimate of drug-likeness (QED) is 0.629. The summed E-state index contributed by atoms with van der Waals surface area (Å²) >= 11 is 12.0. The number of amides is 1. The number of anilines is 3. The Morgan fingerprint density at radius 2 is 1.62 bits per heavy atom. The van der Waals surface area contributed by atoms with Crippen LogP contribution >= 0.6 is 23.2 Å². The van der Waals surface area contributed by atoms with E-state index in [1.165, 1.54) is 0 Å². The zero-order chi connectivity index (χ0) is 18.7. The predicted octanol–water partition coefficient (Wildman–Crippen LogP) is 5.40. The van der Waals surface area contributed by atoms with Crippen LogP contribution in [0.5, 0.6) is 0 Å². The monoisotopic (exact) mass is 386 g/mol. The molecule has 0 saturated heterocycles. The molecule has 3 rings (SSSR count). The minimum Gasteiger partial charge on any atom is -0.324 e. The van der Waals surface area contributed by atoms with E-state index in [4.69, 9.17) is 23.2 Å². The molecular weight excluding hydrogens is 371 g/mol. The molecule has 1 heterocycles. The smallest absolute Gasteiger partial charge is 0.274 e. The van der Waals surface area contributed by atoms with Crippen molar-refractivity contribution in [2.45, 2.75) is 13.8 Å². The van der Waals surface area contributed by atoms with Crippen molar-refractivity contribution in [3.63, 3.8) is 0 Å². The second kappa shape index (κ2) is 7.72. The zero-order valence-corrected chi connectivity index (χ0v) is 15.7. The van der Waals surface area contributed by atoms with Crippen LogP contribution < -0.4 is 10.6 Å². The van der Waals surface area contributed by atoms with Crippen LogP contribution in [0.15, 0.2) is 48.5 Å². The molecular formula is C19H16Cl2N4O. The molecule has 1 amide bonds. The van der Waals surface area contributed by atoms with Crippen LogP contribution in [0.4, 0.5) is 17.3 Å². The van der Waals surface area contributed by atoms with Crippen molar-refractivity contribution < 1.29 is 4.79 Å². The van der Waals surface area contributed by atoms with E-state index >= 15 is 0 Å². The molecule has 0 saturated carbocycles. The molecule has 0 aliphatic heterocycles. The van der Waals surface area contributed by atoms with Gasteiger partial charge >= 0.3 is 0 Å². The molecule has 7 heteroatoms. The van der Waals surface area contributed by atoms with Crippen LogP contribution in [0, 0.1) is 13.8 Å². The highest BCUT2D eigenvalue weighted by atomic mass is 35.5. The minimum absolute atomic E-state index is 0.258. The molecule has 132 valence electrons. The molecule has 0 atom stereocenters. The van der Waals surface area contributed by atoms with E-state index in [0.29, 0.717) is 27.4 Å². The Bertz CT molecular complexity index is 958. The van der Waals surface area contributed by atoms with Gasteiger partial charge in [0.15, 0.2) is 0 Å². The van der Waals surface area contributed by atoms with Crippen molar-refractivity contribution in [3.8, 4) is 0 Å². The SMILES string of the molecule is Cc1cc(C(=O)Nc2ccc(Cl)cc2)nc(Nc2ccc(C)c(Cl)c2)n1. The average Bonchev–Trinajstić information content (AvgIpc) is 2.59. The van der Waals surface area contributed by atoms with Gasteiger partial charge < -0.3 is 10.6 Å². The van der Waals surface area contributed by atoms with Gasteiger partial charge in [0.2, 0.25) is 5.95 Å². The number of hydrogen-bond acceptors (Lipinski definition) is 4. The molecule has 2 N–H and O–H groups in total. The van der Waals surface area contributed by atoms with Crippen LogP contribution in [0.25, 0.3) is 0 Å². The summed E-state index contributed by atoms with van der Waals surface area (Å²) < 4.78 is 0. The highest BCUT2D eigenvalue weighted by Gasteiger charge is 2.11. The van der Waals surface area contributed by atoms with Crippen LogP contribution in [0.3, 0.4) is 0 Å². The molecule has 3 aromatic rings. The van der Waals surface area contributed by atoms with Gasteiger partial charge in [-0.1, -0.05) is 29.3 Å². The van der Waals surface area contributed by atoms with Gasteiger partial charge in [0.25, 0.3) is 5.91 Å². The molecule has 0 aliphatic carbocycles. The highest BCUT2D eigenvalue weighted by molar-refractivity contribution is 6.31. The summed E-state index contributed by atoms with van der Waals surface area (Å²) in [6, 6.07) is 14.0. The van der Waals surface area contributed by atoms with Crippen LogP contribution in [-0.4, -0.2) is 15.9 Å². The highest BCUT2D eigenvalue weighted by Crippen LogP contribution is 2.22. The summed E-state index contributed by atoms with van der Waals surface area (Å²) in [6.45, 7) is 3.72. The first-order chi connectivity index (χ1) is 12.4. The molecule has 0 radical (unpaired) electrons. The molecule has 1 aromatic heterocycles. The first kappa shape index (κ1) is 18.2. The van der Waals surface area contributed by atoms with E-state index in [-0.39, 0.29) is 11.6 Å². The van der Waals surface area contributed by atoms with E-state index in [0.717, 1.165) is 11.3 Å². The number of nitrogens with zero attached hydrogens (tertiary/aromatic N) is 2. The summed E-state index contributed by atoms with van der Waals surface area (Å²) in [5.41, 5.74) is 3.28.